The molecule has 166 valence electrons. The quantitative estimate of drug-likeness (QED) is 0.471. The van der Waals surface area contributed by atoms with Gasteiger partial charge in [0.25, 0.3) is 0 Å². The maximum atomic E-state index is 12.7. The molecule has 3 aromatic rings. The van der Waals surface area contributed by atoms with Gasteiger partial charge in [-0.1, -0.05) is 43.0 Å². The number of carbonyl (C=O) groups excluding carboxylic acids is 1. The summed E-state index contributed by atoms with van der Waals surface area (Å²) in [6, 6.07) is 14.0. The Kier molecular flexibility index (Phi) is 6.07. The van der Waals surface area contributed by atoms with Crippen LogP contribution in [0.15, 0.2) is 48.5 Å². The molecular weight excluding hydrogens is 420 g/mol. The van der Waals surface area contributed by atoms with Gasteiger partial charge in [0.2, 0.25) is 5.91 Å². The van der Waals surface area contributed by atoms with E-state index < -0.39 is 0 Å². The molecule has 0 radical (unpaired) electrons. The second-order valence-corrected chi connectivity index (χ2v) is 9.65. The Bertz CT molecular complexity index is 1170. The normalized spacial score (nSPS) is 19.0. The fourth-order valence-corrected chi connectivity index (χ4v) is 5.49. The molecule has 5 heteroatoms. The van der Waals surface area contributed by atoms with Crippen LogP contribution in [-0.4, -0.2) is 21.7 Å². The van der Waals surface area contributed by atoms with Crippen molar-refractivity contribution < 1.29 is 9.90 Å². The van der Waals surface area contributed by atoms with Crippen molar-refractivity contribution in [2.24, 2.45) is 5.92 Å². The molecule has 0 saturated heterocycles. The van der Waals surface area contributed by atoms with Gasteiger partial charge < -0.3 is 15.0 Å². The largest absolute Gasteiger partial charge is 0.392 e. The van der Waals surface area contributed by atoms with Gasteiger partial charge in [0.05, 0.1) is 6.10 Å². The van der Waals surface area contributed by atoms with Crippen molar-refractivity contribution in [3.8, 4) is 0 Å². The molecule has 0 bridgehead atoms. The number of aromatic nitrogens is 1. The number of anilines is 1. The van der Waals surface area contributed by atoms with Crippen molar-refractivity contribution in [2.75, 3.05) is 5.32 Å². The molecule has 1 heterocycles. The van der Waals surface area contributed by atoms with Gasteiger partial charge >= 0.3 is 0 Å². The van der Waals surface area contributed by atoms with Crippen LogP contribution in [-0.2, 0) is 24.2 Å². The van der Waals surface area contributed by atoms with Gasteiger partial charge in [0.1, 0.15) is 0 Å². The number of aliphatic hydroxyl groups is 1. The van der Waals surface area contributed by atoms with Crippen LogP contribution in [0, 0.1) is 5.92 Å². The first-order chi connectivity index (χ1) is 15.6. The number of benzene rings is 2. The van der Waals surface area contributed by atoms with Crippen molar-refractivity contribution >= 4 is 40.2 Å². The summed E-state index contributed by atoms with van der Waals surface area (Å²) in [5.41, 5.74) is 5.14. The van der Waals surface area contributed by atoms with Gasteiger partial charge in [0, 0.05) is 46.3 Å². The highest BCUT2D eigenvalue weighted by Gasteiger charge is 2.22. The fraction of sp³-hybridized carbons (Fsp3) is 0.370. The Hall–Kier alpha value is -2.56. The summed E-state index contributed by atoms with van der Waals surface area (Å²) in [5, 5.41) is 14.8. The summed E-state index contributed by atoms with van der Waals surface area (Å²) < 4.78 is 2.34. The Morgan fingerprint density at radius 3 is 2.81 bits per heavy atom. The molecule has 32 heavy (non-hydrogen) atoms. The SMILES string of the molecule is O=C(/C=C/c1cc2cc(Cl)ccc2n1CC1CCCCC1)Nc1cccc2c1CC(O)C2. The van der Waals surface area contributed by atoms with Crippen molar-refractivity contribution in [3.05, 3.63) is 70.4 Å². The average molecular weight is 449 g/mol. The minimum absolute atomic E-state index is 0.160. The lowest BCUT2D eigenvalue weighted by molar-refractivity contribution is -0.111. The number of hydrogen-bond acceptors (Lipinski definition) is 2. The first-order valence-corrected chi connectivity index (χ1v) is 12.0. The average Bonchev–Trinajstić information content (AvgIpc) is 3.33. The van der Waals surface area contributed by atoms with E-state index >= 15 is 0 Å². The summed E-state index contributed by atoms with van der Waals surface area (Å²) in [4.78, 5) is 12.7. The van der Waals surface area contributed by atoms with E-state index in [2.05, 4.69) is 22.0 Å². The number of nitrogens with zero attached hydrogens (tertiary/aromatic N) is 1. The first kappa shape index (κ1) is 21.3. The van der Waals surface area contributed by atoms with E-state index in [1.165, 1.54) is 32.1 Å². The number of halogens is 1. The minimum Gasteiger partial charge on any atom is -0.392 e. The molecule has 0 spiro atoms. The highest BCUT2D eigenvalue weighted by molar-refractivity contribution is 6.31. The predicted octanol–water partition coefficient (Wildman–Crippen LogP) is 5.99. The zero-order valence-corrected chi connectivity index (χ0v) is 18.9. The van der Waals surface area contributed by atoms with Crippen LogP contribution in [0.4, 0.5) is 5.69 Å². The Balaban J connectivity index is 1.39. The molecule has 2 aromatic carbocycles. The number of aliphatic hydroxyl groups excluding tert-OH is 1. The van der Waals surface area contributed by atoms with Gasteiger partial charge in [-0.3, -0.25) is 4.79 Å². The van der Waals surface area contributed by atoms with E-state index in [1.54, 1.807) is 6.08 Å². The molecule has 1 aromatic heterocycles. The number of hydrogen-bond donors (Lipinski definition) is 2. The number of nitrogens with one attached hydrogen (secondary N) is 1. The zero-order chi connectivity index (χ0) is 22.1. The number of fused-ring (bicyclic) bond motifs is 2. The summed E-state index contributed by atoms with van der Waals surface area (Å²) in [7, 11) is 0. The molecule has 5 rings (SSSR count). The maximum Gasteiger partial charge on any atom is 0.248 e. The molecular formula is C27H29ClN2O2. The van der Waals surface area contributed by atoms with E-state index in [1.807, 2.05) is 36.4 Å². The third kappa shape index (κ3) is 4.48. The van der Waals surface area contributed by atoms with Crippen LogP contribution in [0.2, 0.25) is 5.02 Å². The van der Waals surface area contributed by atoms with Gasteiger partial charge in [-0.25, -0.2) is 0 Å². The molecule has 1 unspecified atom stereocenters. The van der Waals surface area contributed by atoms with Crippen LogP contribution >= 0.6 is 11.6 Å². The predicted molar refractivity (Wildman–Crippen MR) is 131 cm³/mol. The van der Waals surface area contributed by atoms with E-state index in [4.69, 9.17) is 11.6 Å². The minimum atomic E-state index is -0.360. The fourth-order valence-electron chi connectivity index (χ4n) is 5.31. The van der Waals surface area contributed by atoms with Crippen molar-refractivity contribution in [2.45, 2.75) is 57.6 Å². The van der Waals surface area contributed by atoms with E-state index in [9.17, 15) is 9.90 Å². The van der Waals surface area contributed by atoms with Crippen molar-refractivity contribution in [3.63, 3.8) is 0 Å². The lowest BCUT2D eigenvalue weighted by Crippen LogP contribution is -2.15. The van der Waals surface area contributed by atoms with Gasteiger partial charge in [-0.15, -0.1) is 0 Å². The van der Waals surface area contributed by atoms with E-state index in [0.717, 1.165) is 45.0 Å². The molecule has 1 atom stereocenters. The smallest absolute Gasteiger partial charge is 0.248 e. The Morgan fingerprint density at radius 2 is 1.97 bits per heavy atom. The highest BCUT2D eigenvalue weighted by Crippen LogP contribution is 2.31. The van der Waals surface area contributed by atoms with Crippen molar-refractivity contribution in [1.29, 1.82) is 0 Å². The third-order valence-electron chi connectivity index (χ3n) is 6.89. The standard InChI is InChI=1S/C27H29ClN2O2/c28-21-9-11-26-20(13-21)14-22(30(26)17-18-5-2-1-3-6-18)10-12-27(32)29-25-8-4-7-19-15-23(31)16-24(19)25/h4,7-14,18,23,31H,1-3,5-6,15-17H2,(H,29,32)/b12-10+. The third-order valence-corrected chi connectivity index (χ3v) is 7.13. The Morgan fingerprint density at radius 1 is 1.12 bits per heavy atom. The number of carbonyl (C=O) groups is 1. The second kappa shape index (κ2) is 9.13. The van der Waals surface area contributed by atoms with Gasteiger partial charge in [-0.2, -0.15) is 0 Å². The van der Waals surface area contributed by atoms with Crippen LogP contribution in [0.5, 0.6) is 0 Å². The second-order valence-electron chi connectivity index (χ2n) is 9.21. The summed E-state index contributed by atoms with van der Waals surface area (Å²) in [5.74, 6) is 0.515. The summed E-state index contributed by atoms with van der Waals surface area (Å²) >= 11 is 6.24. The first-order valence-electron chi connectivity index (χ1n) is 11.6. The molecule has 2 aliphatic rings. The maximum absolute atomic E-state index is 12.7. The summed E-state index contributed by atoms with van der Waals surface area (Å²) in [6.07, 6.45) is 10.9. The number of amides is 1. The van der Waals surface area contributed by atoms with Crippen LogP contribution in [0.3, 0.4) is 0 Å². The van der Waals surface area contributed by atoms with E-state index in [-0.39, 0.29) is 12.0 Å². The van der Waals surface area contributed by atoms with Crippen LogP contribution < -0.4 is 5.32 Å². The molecule has 2 N–H and O–H groups in total. The molecule has 0 aliphatic heterocycles. The van der Waals surface area contributed by atoms with Gasteiger partial charge in [0.15, 0.2) is 0 Å². The number of rotatable bonds is 5. The topological polar surface area (TPSA) is 54.3 Å². The lowest BCUT2D eigenvalue weighted by Gasteiger charge is -2.23. The summed E-state index contributed by atoms with van der Waals surface area (Å²) in [6.45, 7) is 0.969. The molecule has 1 saturated carbocycles. The van der Waals surface area contributed by atoms with E-state index in [0.29, 0.717) is 18.8 Å². The highest BCUT2D eigenvalue weighted by atomic mass is 35.5. The van der Waals surface area contributed by atoms with Crippen LogP contribution in [0.25, 0.3) is 17.0 Å². The molecule has 1 amide bonds. The van der Waals surface area contributed by atoms with Crippen LogP contribution in [0.1, 0.15) is 48.9 Å². The monoisotopic (exact) mass is 448 g/mol. The molecule has 2 aliphatic carbocycles. The Labute approximate surface area is 193 Å². The molecule has 4 nitrogen and oxygen atoms in total. The van der Waals surface area contributed by atoms with Crippen molar-refractivity contribution in [1.82, 2.24) is 4.57 Å². The molecule has 1 fully saturated rings. The van der Waals surface area contributed by atoms with Gasteiger partial charge in [-0.05, 0) is 72.7 Å². The lowest BCUT2D eigenvalue weighted by atomic mass is 9.89. The zero-order valence-electron chi connectivity index (χ0n) is 18.2.